The number of benzene rings is 2. The monoisotopic (exact) mass is 496 g/mol. The first kappa shape index (κ1) is 27.3. The van der Waals surface area contributed by atoms with Crippen LogP contribution < -0.4 is 0 Å². The Morgan fingerprint density at radius 2 is 0.971 bits per heavy atom. The lowest BCUT2D eigenvalue weighted by Crippen LogP contribution is -2.23. The van der Waals surface area contributed by atoms with Crippen molar-refractivity contribution in [3.63, 3.8) is 0 Å². The van der Waals surface area contributed by atoms with Crippen molar-refractivity contribution in [2.45, 2.75) is 19.8 Å². The zero-order valence-electron chi connectivity index (χ0n) is 19.7. The highest BCUT2D eigenvalue weighted by Crippen LogP contribution is 2.25. The fourth-order valence-electron chi connectivity index (χ4n) is 3.47. The van der Waals surface area contributed by atoms with Crippen molar-refractivity contribution in [1.29, 1.82) is 0 Å². The molecule has 2 aromatic rings. The molecule has 8 nitrogen and oxygen atoms in total. The summed E-state index contributed by atoms with van der Waals surface area (Å²) in [6.45, 7) is 1.66. The Morgan fingerprint density at radius 1 is 0.600 bits per heavy atom. The molecule has 0 saturated carbocycles. The smallest absolute Gasteiger partial charge is 0.267 e. The summed E-state index contributed by atoms with van der Waals surface area (Å²) in [5.74, 6) is -4.32. The Labute approximate surface area is 199 Å². The Balaban J connectivity index is 2.76. The number of amides is 4. The van der Waals surface area contributed by atoms with Gasteiger partial charge in [-0.2, -0.15) is 20.5 Å². The second kappa shape index (κ2) is 11.0. The molecule has 0 heterocycles. The Kier molecular flexibility index (Phi) is 8.56. The number of nitrogens with zero attached hydrogens (tertiary/aromatic N) is 4. The van der Waals surface area contributed by atoms with E-state index < -0.39 is 23.6 Å². The summed E-state index contributed by atoms with van der Waals surface area (Å²) in [6, 6.07) is 5.88. The molecule has 0 aliphatic heterocycles. The third kappa shape index (κ3) is 6.14. The molecule has 0 aliphatic rings. The van der Waals surface area contributed by atoms with Crippen LogP contribution in [0.1, 0.15) is 65.0 Å². The van der Waals surface area contributed by atoms with Crippen molar-refractivity contribution in [2.75, 3.05) is 28.2 Å². The van der Waals surface area contributed by atoms with Crippen molar-refractivity contribution in [2.24, 2.45) is 0 Å². The molecule has 35 heavy (non-hydrogen) atoms. The van der Waals surface area contributed by atoms with Gasteiger partial charge in [0.2, 0.25) is 0 Å². The summed E-state index contributed by atoms with van der Waals surface area (Å²) in [5.41, 5.74) is -0.328. The normalized spacial score (nSPS) is 10.5. The number of rotatable bonds is 7. The van der Waals surface area contributed by atoms with Gasteiger partial charge in [0, 0.05) is 50.4 Å². The van der Waals surface area contributed by atoms with Crippen LogP contribution in [0.2, 0.25) is 0 Å². The minimum absolute atomic E-state index is 0.0621. The SMILES string of the molecule is CCc1cc(C(=O)N(C)F)c(Cc2cc(C(=O)N(C)F)cc(C(=O)N(C)F)c2)cc1C(=O)N(C)F. The number of carbonyl (C=O) groups excluding carboxylic acids is 4. The molecule has 0 saturated heterocycles. The summed E-state index contributed by atoms with van der Waals surface area (Å²) in [5, 5.41) is -0.787. The van der Waals surface area contributed by atoms with Crippen LogP contribution in [0.5, 0.6) is 0 Å². The largest absolute Gasteiger partial charge is 0.281 e. The first-order chi connectivity index (χ1) is 16.3. The first-order valence-electron chi connectivity index (χ1n) is 10.3. The van der Waals surface area contributed by atoms with Crippen LogP contribution in [-0.2, 0) is 12.8 Å². The summed E-state index contributed by atoms with van der Waals surface area (Å²) in [7, 11) is 3.43. The minimum atomic E-state index is -1.13. The lowest BCUT2D eigenvalue weighted by atomic mass is 9.91. The third-order valence-corrected chi connectivity index (χ3v) is 5.17. The van der Waals surface area contributed by atoms with Crippen molar-refractivity contribution >= 4 is 23.6 Å². The third-order valence-electron chi connectivity index (χ3n) is 5.17. The molecular weight excluding hydrogens is 472 g/mol. The average molecular weight is 496 g/mol. The molecule has 0 spiro atoms. The minimum Gasteiger partial charge on any atom is -0.267 e. The van der Waals surface area contributed by atoms with Gasteiger partial charge in [-0.25, -0.2) is 0 Å². The second-order valence-electron chi connectivity index (χ2n) is 7.74. The Hall–Kier alpha value is -3.96. The van der Waals surface area contributed by atoms with Crippen LogP contribution in [0, 0.1) is 0 Å². The first-order valence-corrected chi connectivity index (χ1v) is 10.3. The molecule has 0 fully saturated rings. The van der Waals surface area contributed by atoms with E-state index in [1.54, 1.807) is 6.92 Å². The van der Waals surface area contributed by atoms with Gasteiger partial charge in [-0.3, -0.25) is 19.2 Å². The van der Waals surface area contributed by atoms with Gasteiger partial charge in [0.1, 0.15) is 0 Å². The molecule has 2 rings (SSSR count). The van der Waals surface area contributed by atoms with Crippen LogP contribution in [-0.4, -0.2) is 72.3 Å². The van der Waals surface area contributed by atoms with E-state index in [0.717, 1.165) is 34.3 Å². The molecule has 4 amide bonds. The van der Waals surface area contributed by atoms with E-state index in [1.165, 1.54) is 24.3 Å². The summed E-state index contributed by atoms with van der Waals surface area (Å²) < 4.78 is 54.5. The van der Waals surface area contributed by atoms with Gasteiger partial charge < -0.3 is 0 Å². The van der Waals surface area contributed by atoms with Crippen LogP contribution in [0.3, 0.4) is 0 Å². The highest BCUT2D eigenvalue weighted by atomic mass is 19.2. The van der Waals surface area contributed by atoms with Crippen molar-refractivity contribution in [3.05, 3.63) is 69.3 Å². The van der Waals surface area contributed by atoms with Gasteiger partial charge >= 0.3 is 0 Å². The summed E-state index contributed by atoms with van der Waals surface area (Å²) >= 11 is 0. The molecule has 12 heteroatoms. The molecule has 0 aromatic heterocycles. The second-order valence-corrected chi connectivity index (χ2v) is 7.74. The van der Waals surface area contributed by atoms with Gasteiger partial charge in [-0.1, -0.05) is 24.8 Å². The zero-order chi connectivity index (χ0) is 26.6. The maximum absolute atomic E-state index is 13.8. The summed E-state index contributed by atoms with van der Waals surface area (Å²) in [4.78, 5) is 49.3. The van der Waals surface area contributed by atoms with Crippen LogP contribution in [0.4, 0.5) is 17.9 Å². The number of hydrogen-bond acceptors (Lipinski definition) is 4. The molecule has 0 atom stereocenters. The molecule has 2 aromatic carbocycles. The number of carbonyl (C=O) groups is 4. The van der Waals surface area contributed by atoms with Crippen LogP contribution in [0.25, 0.3) is 0 Å². The predicted octanol–water partition coefficient (Wildman–Crippen LogP) is 3.67. The molecule has 0 N–H and O–H groups in total. The van der Waals surface area contributed by atoms with Gasteiger partial charge in [-0.05, 0) is 59.9 Å². The van der Waals surface area contributed by atoms with E-state index >= 15 is 0 Å². The number of halogens is 4. The Bertz CT molecular complexity index is 1130. The number of aryl methyl sites for hydroxylation is 1. The zero-order valence-corrected chi connectivity index (χ0v) is 19.7. The van der Waals surface area contributed by atoms with Crippen LogP contribution in [0.15, 0.2) is 30.3 Å². The standard InChI is InChI=1S/C23H24F4N4O4/c1-6-14-11-19(23(35)31(5)27)15(12-18(14)22(34)30(4)26)7-13-8-16(20(32)28(2)24)10-17(9-13)21(33)29(3)25/h8-12H,6-7H2,1-5H3. The quantitative estimate of drug-likeness (QED) is 0.433. The summed E-state index contributed by atoms with van der Waals surface area (Å²) in [6.07, 6.45) is -0.0393. The van der Waals surface area contributed by atoms with Gasteiger partial charge in [0.25, 0.3) is 23.6 Å². The van der Waals surface area contributed by atoms with Gasteiger partial charge in [-0.15, -0.1) is 0 Å². The highest BCUT2D eigenvalue weighted by Gasteiger charge is 2.24. The van der Waals surface area contributed by atoms with Crippen LogP contribution >= 0.6 is 0 Å². The van der Waals surface area contributed by atoms with E-state index in [-0.39, 0.29) is 72.3 Å². The predicted molar refractivity (Wildman–Crippen MR) is 118 cm³/mol. The van der Waals surface area contributed by atoms with Crippen molar-refractivity contribution in [1.82, 2.24) is 20.5 Å². The lowest BCUT2D eigenvalue weighted by Gasteiger charge is -2.18. The van der Waals surface area contributed by atoms with Gasteiger partial charge in [0.05, 0.1) is 0 Å². The molecule has 0 unspecified atom stereocenters. The van der Waals surface area contributed by atoms with E-state index in [9.17, 15) is 37.1 Å². The van der Waals surface area contributed by atoms with E-state index in [0.29, 0.717) is 0 Å². The lowest BCUT2D eigenvalue weighted by molar-refractivity contribution is 0.0333. The fourth-order valence-corrected chi connectivity index (χ4v) is 3.47. The van der Waals surface area contributed by atoms with Crippen molar-refractivity contribution < 1.29 is 37.1 Å². The fraction of sp³-hybridized carbons (Fsp3) is 0.304. The average Bonchev–Trinajstić information content (AvgIpc) is 2.81. The molecule has 188 valence electrons. The van der Waals surface area contributed by atoms with Gasteiger partial charge in [0.15, 0.2) is 0 Å². The van der Waals surface area contributed by atoms with E-state index in [2.05, 4.69) is 0 Å². The molecular formula is C23H24F4N4O4. The molecule has 0 bridgehead atoms. The highest BCUT2D eigenvalue weighted by molar-refractivity contribution is 6.01. The Morgan fingerprint density at radius 3 is 1.34 bits per heavy atom. The maximum Gasteiger partial charge on any atom is 0.281 e. The van der Waals surface area contributed by atoms with Crippen molar-refractivity contribution in [3.8, 4) is 0 Å². The number of hydrogen-bond donors (Lipinski definition) is 0. The topological polar surface area (TPSA) is 81.2 Å². The maximum atomic E-state index is 13.8. The molecule has 0 radical (unpaired) electrons. The van der Waals surface area contributed by atoms with E-state index in [4.69, 9.17) is 0 Å². The van der Waals surface area contributed by atoms with E-state index in [1.807, 2.05) is 0 Å². The molecule has 0 aliphatic carbocycles.